The van der Waals surface area contributed by atoms with Gasteiger partial charge >= 0.3 is 0 Å². The number of hydrogen-bond acceptors (Lipinski definition) is 4. The van der Waals surface area contributed by atoms with Gasteiger partial charge in [-0.25, -0.2) is 5.10 Å². The Labute approximate surface area is 139 Å². The van der Waals surface area contributed by atoms with Gasteiger partial charge in [-0.1, -0.05) is 48.0 Å². The number of aryl methyl sites for hydroxylation is 1. The Bertz CT molecular complexity index is 868. The molecule has 0 amide bonds. The van der Waals surface area contributed by atoms with Crippen LogP contribution < -0.4 is 4.74 Å². The van der Waals surface area contributed by atoms with Crippen molar-refractivity contribution in [2.24, 2.45) is 5.10 Å². The van der Waals surface area contributed by atoms with E-state index in [0.29, 0.717) is 10.6 Å². The van der Waals surface area contributed by atoms with Gasteiger partial charge in [-0.05, 0) is 36.8 Å². The minimum atomic E-state index is 0.280. The minimum absolute atomic E-state index is 0.280. The van der Waals surface area contributed by atoms with Crippen molar-refractivity contribution >= 4 is 18.4 Å². The Morgan fingerprint density at radius 2 is 2.04 bits per heavy atom. The van der Waals surface area contributed by atoms with E-state index in [1.54, 1.807) is 10.9 Å². The van der Waals surface area contributed by atoms with Crippen molar-refractivity contribution in [3.8, 4) is 5.75 Å². The van der Waals surface area contributed by atoms with Crippen molar-refractivity contribution in [3.05, 3.63) is 76.3 Å². The van der Waals surface area contributed by atoms with E-state index in [1.807, 2.05) is 61.5 Å². The van der Waals surface area contributed by atoms with Crippen LogP contribution >= 0.6 is 12.2 Å². The van der Waals surface area contributed by atoms with Gasteiger partial charge in [-0.2, -0.15) is 14.9 Å². The molecule has 1 heterocycles. The summed E-state index contributed by atoms with van der Waals surface area (Å²) in [5.41, 5.74) is 2.18. The first-order chi connectivity index (χ1) is 11.2. The molecule has 0 unspecified atom stereocenters. The standard InChI is InChI=1S/C17H16N4OS/c1-13-6-5-7-14(10-13)11-18-21-16(19-20-17(21)23)12-22-15-8-3-2-4-9-15/h2-11H,12H2,1H3,(H,20,23)/b18-11-. The van der Waals surface area contributed by atoms with E-state index < -0.39 is 0 Å². The van der Waals surface area contributed by atoms with Gasteiger partial charge < -0.3 is 4.74 Å². The number of para-hydroxylation sites is 1. The number of nitrogens with zero attached hydrogens (tertiary/aromatic N) is 3. The maximum Gasteiger partial charge on any atom is 0.216 e. The second kappa shape index (κ2) is 7.02. The number of hydrogen-bond donors (Lipinski definition) is 1. The van der Waals surface area contributed by atoms with Crippen molar-refractivity contribution in [1.29, 1.82) is 0 Å². The van der Waals surface area contributed by atoms with E-state index in [4.69, 9.17) is 17.0 Å². The Kier molecular flexibility index (Phi) is 4.63. The van der Waals surface area contributed by atoms with Crippen LogP contribution in [0.1, 0.15) is 17.0 Å². The second-order valence-electron chi connectivity index (χ2n) is 5.02. The van der Waals surface area contributed by atoms with E-state index in [9.17, 15) is 0 Å². The fourth-order valence-corrected chi connectivity index (χ4v) is 2.27. The highest BCUT2D eigenvalue weighted by atomic mass is 32.1. The summed E-state index contributed by atoms with van der Waals surface area (Å²) in [5, 5.41) is 11.3. The average Bonchev–Trinajstić information content (AvgIpc) is 2.92. The highest BCUT2D eigenvalue weighted by molar-refractivity contribution is 7.71. The number of ether oxygens (including phenoxy) is 1. The molecule has 0 spiro atoms. The van der Waals surface area contributed by atoms with Crippen LogP contribution in [0, 0.1) is 11.7 Å². The first kappa shape index (κ1) is 15.2. The molecule has 1 N–H and O–H groups in total. The first-order valence-corrected chi connectivity index (χ1v) is 7.58. The van der Waals surface area contributed by atoms with Gasteiger partial charge in [0.1, 0.15) is 12.4 Å². The summed E-state index contributed by atoms with van der Waals surface area (Å²) in [6.07, 6.45) is 1.75. The van der Waals surface area contributed by atoms with Crippen LogP contribution in [0.2, 0.25) is 0 Å². The molecule has 0 aliphatic carbocycles. The fourth-order valence-electron chi connectivity index (χ4n) is 2.08. The second-order valence-corrected chi connectivity index (χ2v) is 5.40. The molecule has 3 aromatic rings. The molecule has 0 radical (unpaired) electrons. The lowest BCUT2D eigenvalue weighted by atomic mass is 10.2. The summed E-state index contributed by atoms with van der Waals surface area (Å²) in [5.74, 6) is 1.39. The number of aromatic nitrogens is 3. The normalized spacial score (nSPS) is 11.0. The van der Waals surface area contributed by atoms with E-state index in [1.165, 1.54) is 5.56 Å². The minimum Gasteiger partial charge on any atom is -0.486 e. The maximum absolute atomic E-state index is 5.69. The van der Waals surface area contributed by atoms with Crippen LogP contribution in [0.5, 0.6) is 5.75 Å². The Morgan fingerprint density at radius 1 is 1.22 bits per heavy atom. The molecule has 2 aromatic carbocycles. The molecule has 0 aliphatic rings. The van der Waals surface area contributed by atoms with E-state index in [0.717, 1.165) is 11.3 Å². The summed E-state index contributed by atoms with van der Waals surface area (Å²) < 4.78 is 7.69. The van der Waals surface area contributed by atoms with Crippen molar-refractivity contribution in [1.82, 2.24) is 14.9 Å². The number of nitrogens with one attached hydrogen (secondary N) is 1. The van der Waals surface area contributed by atoms with Crippen LogP contribution in [0.25, 0.3) is 0 Å². The molecule has 0 atom stereocenters. The van der Waals surface area contributed by atoms with E-state index >= 15 is 0 Å². The van der Waals surface area contributed by atoms with Gasteiger partial charge in [0.2, 0.25) is 4.77 Å². The Morgan fingerprint density at radius 3 is 2.83 bits per heavy atom. The topological polar surface area (TPSA) is 55.2 Å². The number of aromatic amines is 1. The summed E-state index contributed by atoms with van der Waals surface area (Å²) in [7, 11) is 0. The molecule has 3 rings (SSSR count). The Balaban J connectivity index is 1.77. The van der Waals surface area contributed by atoms with Crippen molar-refractivity contribution in [3.63, 3.8) is 0 Å². The maximum atomic E-state index is 5.69. The number of H-pyrrole nitrogens is 1. The summed E-state index contributed by atoms with van der Waals surface area (Å²) in [4.78, 5) is 0. The molecule has 0 fully saturated rings. The molecule has 0 saturated heterocycles. The molecule has 0 saturated carbocycles. The summed E-state index contributed by atoms with van der Waals surface area (Å²) in [6, 6.07) is 17.6. The van der Waals surface area contributed by atoms with Crippen molar-refractivity contribution < 1.29 is 4.74 Å². The van der Waals surface area contributed by atoms with Crippen molar-refractivity contribution in [2.75, 3.05) is 0 Å². The smallest absolute Gasteiger partial charge is 0.216 e. The predicted molar refractivity (Wildman–Crippen MR) is 92.4 cm³/mol. The molecule has 23 heavy (non-hydrogen) atoms. The molecular formula is C17H16N4OS. The molecular weight excluding hydrogens is 308 g/mol. The lowest BCUT2D eigenvalue weighted by Gasteiger charge is -2.05. The van der Waals surface area contributed by atoms with Gasteiger partial charge in [0, 0.05) is 0 Å². The largest absolute Gasteiger partial charge is 0.486 e. The molecule has 0 aliphatic heterocycles. The van der Waals surface area contributed by atoms with Gasteiger partial charge in [-0.15, -0.1) is 0 Å². The zero-order valence-corrected chi connectivity index (χ0v) is 13.5. The zero-order chi connectivity index (χ0) is 16.1. The van der Waals surface area contributed by atoms with Gasteiger partial charge in [-0.3, -0.25) is 0 Å². The highest BCUT2D eigenvalue weighted by Gasteiger charge is 2.06. The van der Waals surface area contributed by atoms with Gasteiger partial charge in [0.15, 0.2) is 5.82 Å². The van der Waals surface area contributed by atoms with Crippen LogP contribution in [0.4, 0.5) is 0 Å². The molecule has 0 bridgehead atoms. The summed E-state index contributed by atoms with van der Waals surface area (Å²) >= 11 is 5.22. The molecule has 5 nitrogen and oxygen atoms in total. The van der Waals surface area contributed by atoms with E-state index in [-0.39, 0.29) is 6.61 Å². The van der Waals surface area contributed by atoms with Crippen LogP contribution in [0.15, 0.2) is 59.7 Å². The summed E-state index contributed by atoms with van der Waals surface area (Å²) in [6.45, 7) is 2.32. The molecule has 6 heteroatoms. The Hall–Kier alpha value is -2.73. The number of rotatable bonds is 5. The van der Waals surface area contributed by atoms with E-state index in [2.05, 4.69) is 15.3 Å². The van der Waals surface area contributed by atoms with Crippen LogP contribution in [-0.4, -0.2) is 21.1 Å². The first-order valence-electron chi connectivity index (χ1n) is 7.17. The molecule has 116 valence electrons. The highest BCUT2D eigenvalue weighted by Crippen LogP contribution is 2.11. The van der Waals surface area contributed by atoms with Gasteiger partial charge in [0.05, 0.1) is 6.21 Å². The lowest BCUT2D eigenvalue weighted by molar-refractivity contribution is 0.290. The van der Waals surface area contributed by atoms with Crippen LogP contribution in [-0.2, 0) is 6.61 Å². The molecule has 1 aromatic heterocycles. The van der Waals surface area contributed by atoms with Crippen LogP contribution in [0.3, 0.4) is 0 Å². The average molecular weight is 324 g/mol. The van der Waals surface area contributed by atoms with Gasteiger partial charge in [0.25, 0.3) is 0 Å². The third kappa shape index (κ3) is 3.92. The van der Waals surface area contributed by atoms with Crippen molar-refractivity contribution in [2.45, 2.75) is 13.5 Å². The quantitative estimate of drug-likeness (QED) is 0.575. The SMILES string of the molecule is Cc1cccc(/C=N\n2c(COc3ccccc3)n[nH]c2=S)c1. The third-order valence-corrected chi connectivity index (χ3v) is 3.46. The predicted octanol–water partition coefficient (Wildman–Crippen LogP) is 3.71. The monoisotopic (exact) mass is 324 g/mol. The zero-order valence-electron chi connectivity index (χ0n) is 12.6. The third-order valence-electron chi connectivity index (χ3n) is 3.19. The fraction of sp³-hybridized carbons (Fsp3) is 0.118. The lowest BCUT2D eigenvalue weighted by Crippen LogP contribution is -2.04. The number of benzene rings is 2.